The number of rotatable bonds is 5. The number of likely N-dealkylation sites (tertiary alicyclic amines) is 2. The maximum Gasteiger partial charge on any atom is 0.253 e. The molecule has 172 valence electrons. The second-order valence-electron chi connectivity index (χ2n) is 10.3. The van der Waals surface area contributed by atoms with Crippen molar-refractivity contribution in [3.63, 3.8) is 0 Å². The second-order valence-corrected chi connectivity index (χ2v) is 10.3. The number of hydrogen-bond acceptors (Lipinski definition) is 4. The summed E-state index contributed by atoms with van der Waals surface area (Å²) in [6, 6.07) is 16.6. The van der Waals surface area contributed by atoms with Crippen LogP contribution in [0.25, 0.3) is 0 Å². The molecule has 2 fully saturated rings. The van der Waals surface area contributed by atoms with Crippen molar-refractivity contribution in [2.45, 2.75) is 46.1 Å². The Balaban J connectivity index is 1.37. The van der Waals surface area contributed by atoms with E-state index in [9.17, 15) is 4.79 Å². The third kappa shape index (κ3) is 4.08. The van der Waals surface area contributed by atoms with Crippen LogP contribution in [0.4, 0.5) is 0 Å². The number of aromatic amines is 1. The zero-order valence-electron chi connectivity index (χ0n) is 20.0. The molecule has 3 aromatic rings. The minimum atomic E-state index is 0.0119. The molecule has 1 N–H and O–H groups in total. The zero-order valence-corrected chi connectivity index (χ0v) is 20.0. The predicted molar refractivity (Wildman–Crippen MR) is 129 cm³/mol. The normalized spacial score (nSPS) is 19.9. The number of benzene rings is 2. The van der Waals surface area contributed by atoms with E-state index in [2.05, 4.69) is 73.1 Å². The Labute approximate surface area is 196 Å². The lowest BCUT2D eigenvalue weighted by molar-refractivity contribution is 0.00179. The molecule has 6 nitrogen and oxygen atoms in total. The number of carbonyl (C=O) groups excluding carboxylic acids is 1. The topological polar surface area (TPSA) is 65.1 Å². The van der Waals surface area contributed by atoms with Crippen LogP contribution in [0.3, 0.4) is 0 Å². The molecule has 1 unspecified atom stereocenters. The minimum absolute atomic E-state index is 0.0119. The van der Waals surface area contributed by atoms with Gasteiger partial charge < -0.3 is 4.90 Å². The number of nitrogens with zero attached hydrogens (tertiary/aromatic N) is 4. The van der Waals surface area contributed by atoms with E-state index >= 15 is 0 Å². The molecule has 33 heavy (non-hydrogen) atoms. The van der Waals surface area contributed by atoms with Crippen molar-refractivity contribution in [3.8, 4) is 0 Å². The number of amides is 1. The fraction of sp³-hybridized carbons (Fsp3) is 0.444. The molecule has 3 heterocycles. The van der Waals surface area contributed by atoms with E-state index in [1.807, 2.05) is 23.1 Å². The average Bonchev–Trinajstić information content (AvgIpc) is 3.40. The lowest BCUT2D eigenvalue weighted by Gasteiger charge is -2.50. The Morgan fingerprint density at radius 3 is 2.52 bits per heavy atom. The van der Waals surface area contributed by atoms with Gasteiger partial charge in [-0.1, -0.05) is 50.2 Å². The van der Waals surface area contributed by atoms with Crippen LogP contribution in [0, 0.1) is 19.3 Å². The number of aromatic nitrogens is 3. The Bertz CT molecular complexity index is 1150. The Kier molecular flexibility index (Phi) is 5.57. The first-order valence-electron chi connectivity index (χ1n) is 11.9. The summed E-state index contributed by atoms with van der Waals surface area (Å²) in [6.45, 7) is 12.7. The van der Waals surface area contributed by atoms with Crippen molar-refractivity contribution in [1.82, 2.24) is 25.0 Å². The summed E-state index contributed by atoms with van der Waals surface area (Å²) >= 11 is 0. The molecule has 2 aromatic carbocycles. The van der Waals surface area contributed by atoms with Crippen molar-refractivity contribution in [1.29, 1.82) is 0 Å². The van der Waals surface area contributed by atoms with Crippen LogP contribution in [-0.2, 0) is 6.54 Å². The highest BCUT2D eigenvalue weighted by Gasteiger charge is 2.56. The number of H-pyrrole nitrogens is 1. The molecule has 0 radical (unpaired) electrons. The molecule has 0 aliphatic carbocycles. The van der Waals surface area contributed by atoms with Gasteiger partial charge in [-0.05, 0) is 42.7 Å². The molecule has 2 aliphatic rings. The van der Waals surface area contributed by atoms with Gasteiger partial charge in [0.1, 0.15) is 5.82 Å². The van der Waals surface area contributed by atoms with Crippen LogP contribution in [-0.4, -0.2) is 57.1 Å². The summed E-state index contributed by atoms with van der Waals surface area (Å²) < 4.78 is 0. The first-order chi connectivity index (χ1) is 15.8. The summed E-state index contributed by atoms with van der Waals surface area (Å²) in [7, 11) is 0. The molecule has 0 saturated carbocycles. The summed E-state index contributed by atoms with van der Waals surface area (Å²) in [4.78, 5) is 22.6. The van der Waals surface area contributed by atoms with E-state index in [4.69, 9.17) is 4.98 Å². The molecule has 5 rings (SSSR count). The Morgan fingerprint density at radius 2 is 1.85 bits per heavy atom. The fourth-order valence-corrected chi connectivity index (χ4v) is 5.35. The van der Waals surface area contributed by atoms with Gasteiger partial charge in [-0.2, -0.15) is 5.10 Å². The maximum absolute atomic E-state index is 13.2. The minimum Gasteiger partial charge on any atom is -0.337 e. The van der Waals surface area contributed by atoms with Gasteiger partial charge in [-0.15, -0.1) is 0 Å². The largest absolute Gasteiger partial charge is 0.337 e. The van der Waals surface area contributed by atoms with E-state index in [0.29, 0.717) is 0 Å². The molecule has 2 aliphatic heterocycles. The van der Waals surface area contributed by atoms with Gasteiger partial charge in [-0.25, -0.2) is 4.98 Å². The first-order valence-corrected chi connectivity index (χ1v) is 11.9. The molecular weight excluding hydrogens is 410 g/mol. The molecule has 2 saturated heterocycles. The highest BCUT2D eigenvalue weighted by molar-refractivity contribution is 5.95. The van der Waals surface area contributed by atoms with Crippen LogP contribution in [0.1, 0.15) is 64.4 Å². The standard InChI is InChI=1S/C27H33N5O/c1-18(2)24-28-25(30-29-24)23-14-31(13-21-8-6-5-7-9-21)15-27(23)16-32(17-27)26(33)22-11-10-19(3)20(4)12-22/h5-12,18,23H,13-17H2,1-4H3,(H,28,29,30). The lowest BCUT2D eigenvalue weighted by Crippen LogP contribution is -2.61. The smallest absolute Gasteiger partial charge is 0.253 e. The second kappa shape index (κ2) is 8.41. The van der Waals surface area contributed by atoms with E-state index in [1.54, 1.807) is 0 Å². The highest BCUT2D eigenvalue weighted by atomic mass is 16.2. The Hall–Kier alpha value is -2.99. The summed E-state index contributed by atoms with van der Waals surface area (Å²) in [5.41, 5.74) is 4.48. The number of nitrogens with one attached hydrogen (secondary N) is 1. The monoisotopic (exact) mass is 443 g/mol. The highest BCUT2D eigenvalue weighted by Crippen LogP contribution is 2.49. The zero-order chi connectivity index (χ0) is 23.2. The molecule has 1 spiro atoms. The third-order valence-electron chi connectivity index (χ3n) is 7.39. The van der Waals surface area contributed by atoms with Crippen molar-refractivity contribution in [3.05, 3.63) is 82.4 Å². The number of aryl methyl sites for hydroxylation is 2. The van der Waals surface area contributed by atoms with Gasteiger partial charge in [0, 0.05) is 55.5 Å². The van der Waals surface area contributed by atoms with Crippen LogP contribution in [0.15, 0.2) is 48.5 Å². The molecule has 1 atom stereocenters. The fourth-order valence-electron chi connectivity index (χ4n) is 5.35. The van der Waals surface area contributed by atoms with Crippen molar-refractivity contribution < 1.29 is 4.79 Å². The third-order valence-corrected chi connectivity index (χ3v) is 7.39. The van der Waals surface area contributed by atoms with Crippen LogP contribution >= 0.6 is 0 Å². The quantitative estimate of drug-likeness (QED) is 0.639. The molecular formula is C27H33N5O. The number of carbonyl (C=O) groups is 1. The molecule has 0 bridgehead atoms. The summed E-state index contributed by atoms with van der Waals surface area (Å²) in [5.74, 6) is 2.49. The molecule has 1 amide bonds. The molecule has 1 aromatic heterocycles. The first kappa shape index (κ1) is 21.8. The lowest BCUT2D eigenvalue weighted by atomic mass is 9.71. The summed E-state index contributed by atoms with van der Waals surface area (Å²) in [5, 5.41) is 7.71. The van der Waals surface area contributed by atoms with E-state index in [1.165, 1.54) is 11.1 Å². The molecule has 6 heteroatoms. The van der Waals surface area contributed by atoms with Gasteiger partial charge in [-0.3, -0.25) is 14.8 Å². The van der Waals surface area contributed by atoms with Crippen LogP contribution < -0.4 is 0 Å². The van der Waals surface area contributed by atoms with Gasteiger partial charge in [0.2, 0.25) is 0 Å². The predicted octanol–water partition coefficient (Wildman–Crippen LogP) is 4.29. The SMILES string of the molecule is Cc1ccc(C(=O)N2CC3(CN(Cc4ccccc4)CC3c3nc(C(C)C)n[nH]3)C2)cc1C. The van der Waals surface area contributed by atoms with E-state index in [0.717, 1.165) is 55.5 Å². The Morgan fingerprint density at radius 1 is 1.09 bits per heavy atom. The number of hydrogen-bond donors (Lipinski definition) is 1. The van der Waals surface area contributed by atoms with Crippen LogP contribution in [0.2, 0.25) is 0 Å². The van der Waals surface area contributed by atoms with E-state index in [-0.39, 0.29) is 23.2 Å². The van der Waals surface area contributed by atoms with Gasteiger partial charge in [0.05, 0.1) is 0 Å². The maximum atomic E-state index is 13.2. The van der Waals surface area contributed by atoms with Gasteiger partial charge >= 0.3 is 0 Å². The van der Waals surface area contributed by atoms with Crippen molar-refractivity contribution >= 4 is 5.91 Å². The van der Waals surface area contributed by atoms with Crippen molar-refractivity contribution in [2.24, 2.45) is 5.41 Å². The van der Waals surface area contributed by atoms with Crippen molar-refractivity contribution in [2.75, 3.05) is 26.2 Å². The van der Waals surface area contributed by atoms with Gasteiger partial charge in [0.15, 0.2) is 5.82 Å². The van der Waals surface area contributed by atoms with Gasteiger partial charge in [0.25, 0.3) is 5.91 Å². The van der Waals surface area contributed by atoms with E-state index < -0.39 is 0 Å². The average molecular weight is 444 g/mol. The van der Waals surface area contributed by atoms with Crippen LogP contribution in [0.5, 0.6) is 0 Å². The summed E-state index contributed by atoms with van der Waals surface area (Å²) in [6.07, 6.45) is 0.